The van der Waals surface area contributed by atoms with Gasteiger partial charge in [-0.1, -0.05) is 49.2 Å². The van der Waals surface area contributed by atoms with Crippen LogP contribution in [0.2, 0.25) is 0 Å². The van der Waals surface area contributed by atoms with E-state index in [2.05, 4.69) is 5.32 Å². The third kappa shape index (κ3) is 7.69. The fourth-order valence-electron chi connectivity index (χ4n) is 4.15. The van der Waals surface area contributed by atoms with Crippen molar-refractivity contribution in [3.05, 3.63) is 94.8 Å². The minimum atomic E-state index is -4.14. The molecule has 3 aromatic rings. The SMILES string of the molecule is CCCCNC(=O)[C@H](C)N(Cc1ccc(F)cc1)C(=O)CN(c1ccc(C)c(C)c1)S(=O)(=O)c1ccc(C)cc1. The average molecular weight is 568 g/mol. The number of halogens is 1. The maximum Gasteiger partial charge on any atom is 0.264 e. The summed E-state index contributed by atoms with van der Waals surface area (Å²) in [7, 11) is -4.14. The van der Waals surface area contributed by atoms with Crippen molar-refractivity contribution >= 4 is 27.5 Å². The summed E-state index contributed by atoms with van der Waals surface area (Å²) in [5.41, 5.74) is 3.72. The van der Waals surface area contributed by atoms with Crippen LogP contribution in [0.3, 0.4) is 0 Å². The Morgan fingerprint density at radius 1 is 0.925 bits per heavy atom. The molecule has 40 heavy (non-hydrogen) atoms. The van der Waals surface area contributed by atoms with Crippen LogP contribution < -0.4 is 9.62 Å². The van der Waals surface area contributed by atoms with E-state index < -0.39 is 34.3 Å². The maximum atomic E-state index is 13.9. The van der Waals surface area contributed by atoms with Gasteiger partial charge in [-0.2, -0.15) is 0 Å². The number of hydrogen-bond donors (Lipinski definition) is 1. The number of hydrogen-bond acceptors (Lipinski definition) is 4. The molecule has 0 spiro atoms. The van der Waals surface area contributed by atoms with E-state index in [0.717, 1.165) is 33.8 Å². The second-order valence-electron chi connectivity index (χ2n) is 10.1. The Morgan fingerprint density at radius 2 is 1.57 bits per heavy atom. The van der Waals surface area contributed by atoms with E-state index in [9.17, 15) is 22.4 Å². The summed E-state index contributed by atoms with van der Waals surface area (Å²) in [6.45, 7) is 9.23. The van der Waals surface area contributed by atoms with Gasteiger partial charge < -0.3 is 10.2 Å². The third-order valence-electron chi connectivity index (χ3n) is 6.93. The summed E-state index contributed by atoms with van der Waals surface area (Å²) >= 11 is 0. The molecule has 3 aromatic carbocycles. The van der Waals surface area contributed by atoms with E-state index in [1.807, 2.05) is 33.8 Å². The van der Waals surface area contributed by atoms with E-state index >= 15 is 0 Å². The van der Waals surface area contributed by atoms with Crippen LogP contribution in [0.5, 0.6) is 0 Å². The van der Waals surface area contributed by atoms with Crippen molar-refractivity contribution in [2.24, 2.45) is 0 Å². The van der Waals surface area contributed by atoms with E-state index in [4.69, 9.17) is 0 Å². The number of anilines is 1. The van der Waals surface area contributed by atoms with Crippen LogP contribution in [0.15, 0.2) is 71.6 Å². The van der Waals surface area contributed by atoms with Gasteiger partial charge in [0.25, 0.3) is 10.0 Å². The quantitative estimate of drug-likeness (QED) is 0.302. The summed E-state index contributed by atoms with van der Waals surface area (Å²) in [6.07, 6.45) is 1.69. The summed E-state index contributed by atoms with van der Waals surface area (Å²) in [4.78, 5) is 28.3. The number of unbranched alkanes of at least 4 members (excludes halogenated alkanes) is 1. The predicted molar refractivity (Wildman–Crippen MR) is 156 cm³/mol. The highest BCUT2D eigenvalue weighted by molar-refractivity contribution is 7.92. The molecule has 2 amide bonds. The minimum Gasteiger partial charge on any atom is -0.354 e. The number of carbonyl (C=O) groups is 2. The van der Waals surface area contributed by atoms with Crippen LogP contribution >= 0.6 is 0 Å². The Balaban J connectivity index is 2.02. The molecule has 0 aliphatic heterocycles. The molecule has 0 heterocycles. The normalized spacial score (nSPS) is 12.1. The van der Waals surface area contributed by atoms with Gasteiger partial charge in [-0.15, -0.1) is 0 Å². The molecule has 9 heteroatoms. The first kappa shape index (κ1) is 30.8. The molecule has 0 aromatic heterocycles. The lowest BCUT2D eigenvalue weighted by Crippen LogP contribution is -2.51. The van der Waals surface area contributed by atoms with E-state index in [1.165, 1.54) is 29.2 Å². The van der Waals surface area contributed by atoms with Gasteiger partial charge in [-0.05, 0) is 87.2 Å². The van der Waals surface area contributed by atoms with Crippen molar-refractivity contribution in [2.75, 3.05) is 17.4 Å². The van der Waals surface area contributed by atoms with Crippen molar-refractivity contribution in [3.8, 4) is 0 Å². The summed E-state index contributed by atoms with van der Waals surface area (Å²) in [5, 5.41) is 2.85. The monoisotopic (exact) mass is 567 g/mol. The Morgan fingerprint density at radius 3 is 2.17 bits per heavy atom. The van der Waals surface area contributed by atoms with Gasteiger partial charge in [0.05, 0.1) is 10.6 Å². The molecule has 0 unspecified atom stereocenters. The van der Waals surface area contributed by atoms with Gasteiger partial charge in [0.2, 0.25) is 11.8 Å². The molecule has 7 nitrogen and oxygen atoms in total. The molecule has 0 fully saturated rings. The highest BCUT2D eigenvalue weighted by Gasteiger charge is 2.32. The zero-order valence-electron chi connectivity index (χ0n) is 23.8. The largest absolute Gasteiger partial charge is 0.354 e. The van der Waals surface area contributed by atoms with Crippen LogP contribution in [-0.4, -0.2) is 44.3 Å². The summed E-state index contributed by atoms with van der Waals surface area (Å²) in [6, 6.07) is 16.4. The minimum absolute atomic E-state index is 0.00677. The van der Waals surface area contributed by atoms with Crippen molar-refractivity contribution in [3.63, 3.8) is 0 Å². The lowest BCUT2D eigenvalue weighted by atomic mass is 10.1. The lowest BCUT2D eigenvalue weighted by molar-refractivity contribution is -0.139. The fourth-order valence-corrected chi connectivity index (χ4v) is 5.56. The smallest absolute Gasteiger partial charge is 0.264 e. The van der Waals surface area contributed by atoms with Crippen LogP contribution in [0.4, 0.5) is 10.1 Å². The summed E-state index contributed by atoms with van der Waals surface area (Å²) in [5.74, 6) is -1.32. The number of amides is 2. The number of benzene rings is 3. The van der Waals surface area contributed by atoms with Crippen molar-refractivity contribution in [1.82, 2.24) is 10.2 Å². The Bertz CT molecular complexity index is 1420. The van der Waals surface area contributed by atoms with Gasteiger partial charge in [-0.3, -0.25) is 13.9 Å². The number of nitrogens with one attached hydrogen (secondary N) is 1. The Labute approximate surface area is 237 Å². The summed E-state index contributed by atoms with van der Waals surface area (Å²) < 4.78 is 42.5. The first-order valence-electron chi connectivity index (χ1n) is 13.4. The number of rotatable bonds is 12. The highest BCUT2D eigenvalue weighted by Crippen LogP contribution is 2.27. The van der Waals surface area contributed by atoms with Gasteiger partial charge in [0, 0.05) is 13.1 Å². The Hall–Kier alpha value is -3.72. The standard InChI is InChI=1S/C31H38FN3O4S/c1-6-7-18-33-31(37)25(5)34(20-26-11-13-27(32)14-12-26)30(36)21-35(28-15-10-23(3)24(4)19-28)40(38,39)29-16-8-22(2)9-17-29/h8-17,19,25H,6-7,18,20-21H2,1-5H3,(H,33,37)/t25-/m0/s1. The van der Waals surface area contributed by atoms with Crippen molar-refractivity contribution in [1.29, 1.82) is 0 Å². The first-order valence-corrected chi connectivity index (χ1v) is 14.9. The second kappa shape index (κ2) is 13.6. The van der Waals surface area contributed by atoms with Crippen LogP contribution in [-0.2, 0) is 26.2 Å². The van der Waals surface area contributed by atoms with Crippen LogP contribution in [0, 0.1) is 26.6 Å². The molecule has 3 rings (SSSR count). The highest BCUT2D eigenvalue weighted by atomic mass is 32.2. The molecule has 0 aliphatic rings. The zero-order valence-corrected chi connectivity index (χ0v) is 24.6. The molecule has 0 aliphatic carbocycles. The van der Waals surface area contributed by atoms with Crippen LogP contribution in [0.1, 0.15) is 48.9 Å². The second-order valence-corrected chi connectivity index (χ2v) is 11.9. The van der Waals surface area contributed by atoms with E-state index in [-0.39, 0.29) is 17.3 Å². The molecule has 0 radical (unpaired) electrons. The third-order valence-corrected chi connectivity index (χ3v) is 8.72. The van der Waals surface area contributed by atoms with Gasteiger partial charge in [-0.25, -0.2) is 12.8 Å². The predicted octanol–water partition coefficient (Wildman–Crippen LogP) is 5.28. The molecular formula is C31H38FN3O4S. The topological polar surface area (TPSA) is 86.8 Å². The zero-order chi connectivity index (χ0) is 29.4. The van der Waals surface area contributed by atoms with Crippen molar-refractivity contribution in [2.45, 2.75) is 64.9 Å². The number of aryl methyl sites for hydroxylation is 3. The number of sulfonamides is 1. The average Bonchev–Trinajstić information content (AvgIpc) is 2.92. The number of carbonyl (C=O) groups excluding carboxylic acids is 2. The molecule has 0 bridgehead atoms. The van der Waals surface area contributed by atoms with Gasteiger partial charge in [0.1, 0.15) is 18.4 Å². The molecule has 0 saturated carbocycles. The lowest BCUT2D eigenvalue weighted by Gasteiger charge is -2.32. The van der Waals surface area contributed by atoms with Gasteiger partial charge in [0.15, 0.2) is 0 Å². The van der Waals surface area contributed by atoms with E-state index in [0.29, 0.717) is 17.8 Å². The van der Waals surface area contributed by atoms with Crippen molar-refractivity contribution < 1.29 is 22.4 Å². The maximum absolute atomic E-state index is 13.9. The molecule has 1 atom stereocenters. The Kier molecular flexibility index (Phi) is 10.5. The van der Waals surface area contributed by atoms with E-state index in [1.54, 1.807) is 43.3 Å². The fraction of sp³-hybridized carbons (Fsp3) is 0.355. The van der Waals surface area contributed by atoms with Crippen LogP contribution in [0.25, 0.3) is 0 Å². The first-order chi connectivity index (χ1) is 18.9. The molecule has 1 N–H and O–H groups in total. The van der Waals surface area contributed by atoms with Gasteiger partial charge >= 0.3 is 0 Å². The molecular weight excluding hydrogens is 529 g/mol. The number of nitrogens with zero attached hydrogens (tertiary/aromatic N) is 2. The molecule has 0 saturated heterocycles. The molecule has 214 valence electrons.